The molecule has 17 nitrogen and oxygen atoms in total. The number of likely N-dealkylation sites (tertiary alicyclic amines) is 2. The highest BCUT2D eigenvalue weighted by Crippen LogP contribution is 2.41. The molecule has 2 saturated heterocycles. The smallest absolute Gasteiger partial charge is 0.336 e. The Kier molecular flexibility index (Phi) is 17.9. The maximum Gasteiger partial charge on any atom is 0.471 e. The molecule has 3 aromatic heterocycles. The highest BCUT2D eigenvalue weighted by atomic mass is 19.4. The third-order valence-electron chi connectivity index (χ3n) is 14.5. The van der Waals surface area contributed by atoms with Gasteiger partial charge in [0.15, 0.2) is 0 Å². The molecular formula is C54H60F7N11O6. The lowest BCUT2D eigenvalue weighted by molar-refractivity contribution is -0.176. The van der Waals surface area contributed by atoms with E-state index in [1.807, 2.05) is 17.5 Å². The second kappa shape index (κ2) is 23.5. The number of hydrogen-bond donors (Lipinski definition) is 4. The van der Waals surface area contributed by atoms with Crippen LogP contribution in [0.5, 0.6) is 0 Å². The number of pyridine rings is 3. The van der Waals surface area contributed by atoms with Crippen LogP contribution in [-0.4, -0.2) is 110 Å². The van der Waals surface area contributed by atoms with Crippen molar-refractivity contribution in [1.82, 2.24) is 46.0 Å². The predicted molar refractivity (Wildman–Crippen MR) is 268 cm³/mol. The van der Waals surface area contributed by atoms with Gasteiger partial charge < -0.3 is 31.1 Å². The summed E-state index contributed by atoms with van der Waals surface area (Å²) in [5.74, 6) is -11.6. The molecule has 6 rings (SSSR count). The van der Waals surface area contributed by atoms with Crippen LogP contribution in [0, 0.1) is 57.1 Å². The first-order valence-corrected chi connectivity index (χ1v) is 25.0. The van der Waals surface area contributed by atoms with Gasteiger partial charge in [0, 0.05) is 83.5 Å². The van der Waals surface area contributed by atoms with E-state index in [-0.39, 0.29) is 55.3 Å². The summed E-state index contributed by atoms with van der Waals surface area (Å²) in [6.07, 6.45) is -0.613. The number of benzene rings is 1. The van der Waals surface area contributed by atoms with Gasteiger partial charge in [-0.1, -0.05) is 59.3 Å². The summed E-state index contributed by atoms with van der Waals surface area (Å²) in [5.41, 5.74) is -1.77. The van der Waals surface area contributed by atoms with Gasteiger partial charge in [-0.05, 0) is 85.8 Å². The van der Waals surface area contributed by atoms with Crippen molar-refractivity contribution in [2.75, 3.05) is 13.1 Å². The lowest BCUT2D eigenvalue weighted by Gasteiger charge is -2.40. The zero-order valence-electron chi connectivity index (χ0n) is 44.0. The summed E-state index contributed by atoms with van der Waals surface area (Å²) >= 11 is 0. The predicted octanol–water partition coefficient (Wildman–Crippen LogP) is 7.36. The summed E-state index contributed by atoms with van der Waals surface area (Å²) in [6, 6.07) is -0.196. The molecule has 4 N–H and O–H groups in total. The largest absolute Gasteiger partial charge is 0.471 e. The summed E-state index contributed by atoms with van der Waals surface area (Å²) in [4.78, 5) is 98.5. The van der Waals surface area contributed by atoms with Gasteiger partial charge in [0.2, 0.25) is 23.6 Å². The molecule has 2 fully saturated rings. The van der Waals surface area contributed by atoms with Crippen LogP contribution in [0.1, 0.15) is 104 Å². The Morgan fingerprint density at radius 1 is 0.692 bits per heavy atom. The SMILES string of the molecule is CC(C)=C[C@H]1CCN(C(=O)[C@@H](NC(=O)C(F)(F)F)C(C)(C)CCC(C)[C@H]2CCN(C(=O)[C@@H](NC(=O)C(F)(F)F)C(C)(C)C)[C@@H]2C(=O)N[C@@H](C#N)c2cncc3cc(F)ccc23)[C@@H]1C(=O)NC(C#N)c1cncc2ccncc12. The molecule has 2 unspecified atom stereocenters. The molecule has 0 bridgehead atoms. The van der Waals surface area contributed by atoms with Crippen molar-refractivity contribution < 1.29 is 59.5 Å². The zero-order valence-corrected chi connectivity index (χ0v) is 44.0. The number of allylic oxidation sites excluding steroid dienone is 1. The molecule has 24 heteroatoms. The van der Waals surface area contributed by atoms with Gasteiger partial charge in [-0.15, -0.1) is 0 Å². The van der Waals surface area contributed by atoms with Crippen molar-refractivity contribution >= 4 is 57.0 Å². The highest BCUT2D eigenvalue weighted by molar-refractivity contribution is 5.96. The first-order chi connectivity index (χ1) is 36.4. The Labute approximate surface area is 445 Å². The van der Waals surface area contributed by atoms with Crippen molar-refractivity contribution in [2.45, 2.75) is 130 Å². The normalized spacial score (nSPS) is 19.9. The van der Waals surface area contributed by atoms with Gasteiger partial charge in [-0.3, -0.25) is 43.7 Å². The number of carbonyl (C=O) groups is 6. The second-order valence-electron chi connectivity index (χ2n) is 21.8. The third-order valence-corrected chi connectivity index (χ3v) is 14.5. The standard InChI is InChI=1S/C54H60F7N11O6/c1-28(2)19-30-13-17-71(41(30)45(73)67-40(22-63)38-27-65-23-31-12-16-64-25-36(31)38)48(76)44(70-50(78)54(59,60)61)52(7,8)15-11-29(3)34-14-18-72(47(75)43(51(4,5)6)69-49(77)53(56,57)58)42(34)46(74)68-39(21-62)37-26-66-24-32-20-33(55)9-10-35(32)37/h9-10,12,16,19-20,23-27,29-30,34,39-44H,11,13-15,17-18H2,1-8H3,(H,67,73)(H,68,74)(H,69,77)(H,70,78)/t29?,30-,34-,39+,40?,41+,42+,43-,44-/m1/s1. The van der Waals surface area contributed by atoms with E-state index in [0.29, 0.717) is 16.2 Å². The number of halogens is 7. The summed E-state index contributed by atoms with van der Waals surface area (Å²) in [6.45, 7) is 11.8. The van der Waals surface area contributed by atoms with E-state index in [1.165, 1.54) is 77.9 Å². The number of hydrogen-bond acceptors (Lipinski definition) is 11. The average molecular weight is 1090 g/mol. The first-order valence-electron chi connectivity index (χ1n) is 25.0. The molecule has 416 valence electrons. The fraction of sp³-hybridized carbons (Fsp3) is 0.500. The number of aromatic nitrogens is 3. The first kappa shape index (κ1) is 59.5. The monoisotopic (exact) mass is 1090 g/mol. The topological polar surface area (TPSA) is 243 Å². The van der Waals surface area contributed by atoms with E-state index >= 15 is 4.79 Å². The Bertz CT molecular complexity index is 3060. The Morgan fingerprint density at radius 2 is 1.22 bits per heavy atom. The fourth-order valence-corrected chi connectivity index (χ4v) is 10.4. The van der Waals surface area contributed by atoms with E-state index in [9.17, 15) is 65.2 Å². The van der Waals surface area contributed by atoms with Crippen LogP contribution in [0.15, 0.2) is 73.1 Å². The van der Waals surface area contributed by atoms with Crippen LogP contribution in [0.4, 0.5) is 30.7 Å². The molecule has 6 amide bonds. The minimum Gasteiger partial charge on any atom is -0.336 e. The number of nitrogens with one attached hydrogen (secondary N) is 4. The van der Waals surface area contributed by atoms with Gasteiger partial charge in [0.05, 0.1) is 12.1 Å². The van der Waals surface area contributed by atoms with Crippen molar-refractivity contribution in [2.24, 2.45) is 28.6 Å². The number of fused-ring (bicyclic) bond motifs is 2. The van der Waals surface area contributed by atoms with Crippen LogP contribution < -0.4 is 21.3 Å². The molecular weight excluding hydrogens is 1030 g/mol. The maximum absolute atomic E-state index is 15.0. The quantitative estimate of drug-likeness (QED) is 0.0638. The molecule has 78 heavy (non-hydrogen) atoms. The van der Waals surface area contributed by atoms with Crippen molar-refractivity contribution in [3.05, 3.63) is 90.0 Å². The van der Waals surface area contributed by atoms with Gasteiger partial charge in [0.1, 0.15) is 42.1 Å². The van der Waals surface area contributed by atoms with Gasteiger partial charge in [-0.2, -0.15) is 36.9 Å². The molecule has 0 saturated carbocycles. The number of nitriles is 2. The Morgan fingerprint density at radius 3 is 1.78 bits per heavy atom. The van der Waals surface area contributed by atoms with Crippen LogP contribution >= 0.6 is 0 Å². The number of amides is 6. The van der Waals surface area contributed by atoms with Gasteiger partial charge in [0.25, 0.3) is 0 Å². The molecule has 9 atom stereocenters. The van der Waals surface area contributed by atoms with Crippen molar-refractivity contribution in [3.8, 4) is 12.1 Å². The minimum absolute atomic E-state index is 0.0142. The summed E-state index contributed by atoms with van der Waals surface area (Å²) in [7, 11) is 0. The van der Waals surface area contributed by atoms with Crippen molar-refractivity contribution in [3.63, 3.8) is 0 Å². The molecule has 2 aliphatic rings. The minimum atomic E-state index is -5.47. The molecule has 0 radical (unpaired) electrons. The van der Waals surface area contributed by atoms with Crippen LogP contribution in [0.3, 0.4) is 0 Å². The van der Waals surface area contributed by atoms with E-state index in [4.69, 9.17) is 0 Å². The second-order valence-corrected chi connectivity index (χ2v) is 21.8. The Hall–Kier alpha value is -7.76. The molecule has 0 spiro atoms. The van der Waals surface area contributed by atoms with E-state index in [0.717, 1.165) is 27.5 Å². The van der Waals surface area contributed by atoms with Crippen LogP contribution in [0.25, 0.3) is 21.5 Å². The molecule has 2 aliphatic heterocycles. The van der Waals surface area contributed by atoms with Gasteiger partial charge >= 0.3 is 24.2 Å². The maximum atomic E-state index is 15.0. The van der Waals surface area contributed by atoms with E-state index in [1.54, 1.807) is 38.2 Å². The molecule has 0 aliphatic carbocycles. The summed E-state index contributed by atoms with van der Waals surface area (Å²) in [5, 5.41) is 31.4. The fourth-order valence-electron chi connectivity index (χ4n) is 10.4. The van der Waals surface area contributed by atoms with Crippen LogP contribution in [0.2, 0.25) is 0 Å². The Balaban J connectivity index is 1.33. The third kappa shape index (κ3) is 13.3. The number of alkyl halides is 6. The summed E-state index contributed by atoms with van der Waals surface area (Å²) < 4.78 is 97.8. The lowest BCUT2D eigenvalue weighted by atomic mass is 9.74. The zero-order chi connectivity index (χ0) is 57.8. The molecule has 4 aromatic rings. The number of carbonyl (C=O) groups excluding carboxylic acids is 6. The number of nitrogens with zero attached hydrogens (tertiary/aromatic N) is 7. The molecule has 1 aromatic carbocycles. The average Bonchev–Trinajstić information content (AvgIpc) is 4.05. The van der Waals surface area contributed by atoms with Crippen LogP contribution in [-0.2, 0) is 28.8 Å². The lowest BCUT2D eigenvalue weighted by Crippen LogP contribution is -2.60. The van der Waals surface area contributed by atoms with E-state index < -0.39 is 118 Å². The highest BCUT2D eigenvalue weighted by Gasteiger charge is 2.53. The van der Waals surface area contributed by atoms with E-state index in [2.05, 4.69) is 25.6 Å². The molecule has 5 heterocycles. The number of rotatable bonds is 16. The van der Waals surface area contributed by atoms with Gasteiger partial charge in [-0.25, -0.2) is 4.39 Å². The van der Waals surface area contributed by atoms with Crippen molar-refractivity contribution in [1.29, 1.82) is 10.5 Å².